The van der Waals surface area contributed by atoms with Gasteiger partial charge in [0.1, 0.15) is 0 Å². The van der Waals surface area contributed by atoms with Gasteiger partial charge in [0.05, 0.1) is 14.2 Å². The van der Waals surface area contributed by atoms with Gasteiger partial charge in [-0.3, -0.25) is 0 Å². The highest BCUT2D eigenvalue weighted by molar-refractivity contribution is 6.30. The second kappa shape index (κ2) is 4.53. The number of methoxy groups -OCH3 is 2. The first-order valence-electron chi connectivity index (χ1n) is 4.27. The van der Waals surface area contributed by atoms with E-state index in [1.807, 2.05) is 6.92 Å². The maximum atomic E-state index is 5.91. The highest BCUT2D eigenvalue weighted by atomic mass is 35.5. The van der Waals surface area contributed by atoms with Crippen molar-refractivity contribution in [3.8, 4) is 11.5 Å². The van der Waals surface area contributed by atoms with Crippen molar-refractivity contribution in [2.24, 2.45) is 5.73 Å². The summed E-state index contributed by atoms with van der Waals surface area (Å²) in [5.74, 6) is 1.25. The fourth-order valence-electron chi connectivity index (χ4n) is 1.30. The van der Waals surface area contributed by atoms with Crippen molar-refractivity contribution in [1.29, 1.82) is 0 Å². The van der Waals surface area contributed by atoms with Crippen molar-refractivity contribution in [2.75, 3.05) is 14.2 Å². The predicted molar refractivity (Wildman–Crippen MR) is 57.2 cm³/mol. The summed E-state index contributed by atoms with van der Waals surface area (Å²) >= 11 is 5.91. The summed E-state index contributed by atoms with van der Waals surface area (Å²) in [7, 11) is 3.15. The Balaban J connectivity index is 3.31. The van der Waals surface area contributed by atoms with E-state index in [4.69, 9.17) is 26.8 Å². The molecule has 0 fully saturated rings. The Morgan fingerprint density at radius 1 is 1.29 bits per heavy atom. The fraction of sp³-hybridized carbons (Fsp3) is 0.400. The average Bonchev–Trinajstić information content (AvgIpc) is 2.16. The number of hydrogen-bond acceptors (Lipinski definition) is 3. The van der Waals surface area contributed by atoms with Crippen LogP contribution in [0.2, 0.25) is 5.02 Å². The lowest BCUT2D eigenvalue weighted by molar-refractivity contribution is 0.350. The zero-order valence-corrected chi connectivity index (χ0v) is 9.26. The first kappa shape index (κ1) is 11.1. The first-order valence-corrected chi connectivity index (χ1v) is 4.65. The summed E-state index contributed by atoms with van der Waals surface area (Å²) in [6.45, 7) is 1.87. The average molecular weight is 216 g/mol. The molecule has 2 N–H and O–H groups in total. The van der Waals surface area contributed by atoms with E-state index < -0.39 is 0 Å². The Kier molecular flexibility index (Phi) is 3.61. The second-order valence-electron chi connectivity index (χ2n) is 3.02. The van der Waals surface area contributed by atoms with Crippen LogP contribution in [0.4, 0.5) is 0 Å². The molecule has 0 radical (unpaired) electrons. The Morgan fingerprint density at radius 2 is 1.93 bits per heavy atom. The van der Waals surface area contributed by atoms with Crippen molar-refractivity contribution < 1.29 is 9.47 Å². The second-order valence-corrected chi connectivity index (χ2v) is 3.46. The molecule has 0 saturated carbocycles. The van der Waals surface area contributed by atoms with Gasteiger partial charge >= 0.3 is 0 Å². The molecule has 0 unspecified atom stereocenters. The van der Waals surface area contributed by atoms with Crippen LogP contribution in [-0.2, 0) is 0 Å². The van der Waals surface area contributed by atoms with Gasteiger partial charge in [0, 0.05) is 22.7 Å². The van der Waals surface area contributed by atoms with Crippen molar-refractivity contribution in [1.82, 2.24) is 0 Å². The van der Waals surface area contributed by atoms with E-state index >= 15 is 0 Å². The lowest BCUT2D eigenvalue weighted by atomic mass is 10.1. The molecule has 0 saturated heterocycles. The molecule has 1 atom stereocenters. The van der Waals surface area contributed by atoms with Gasteiger partial charge in [-0.05, 0) is 13.0 Å². The van der Waals surface area contributed by atoms with E-state index in [2.05, 4.69) is 0 Å². The lowest BCUT2D eigenvalue weighted by Crippen LogP contribution is -2.07. The van der Waals surface area contributed by atoms with Crippen LogP contribution < -0.4 is 15.2 Å². The Morgan fingerprint density at radius 3 is 2.36 bits per heavy atom. The minimum atomic E-state index is -0.141. The molecule has 0 bridgehead atoms. The Hall–Kier alpha value is -0.930. The quantitative estimate of drug-likeness (QED) is 0.842. The number of rotatable bonds is 3. The summed E-state index contributed by atoms with van der Waals surface area (Å²) in [5, 5.41) is 0.593. The molecule has 0 aliphatic heterocycles. The molecule has 78 valence electrons. The van der Waals surface area contributed by atoms with Gasteiger partial charge in [0.25, 0.3) is 0 Å². The topological polar surface area (TPSA) is 44.5 Å². The smallest absolute Gasteiger partial charge is 0.165 e. The van der Waals surface area contributed by atoms with Crippen molar-refractivity contribution in [3.05, 3.63) is 22.7 Å². The zero-order chi connectivity index (χ0) is 10.7. The van der Waals surface area contributed by atoms with Gasteiger partial charge in [-0.15, -0.1) is 0 Å². The molecule has 0 aliphatic rings. The zero-order valence-electron chi connectivity index (χ0n) is 8.50. The van der Waals surface area contributed by atoms with Crippen molar-refractivity contribution >= 4 is 11.6 Å². The summed E-state index contributed by atoms with van der Waals surface area (Å²) in [4.78, 5) is 0. The monoisotopic (exact) mass is 215 g/mol. The van der Waals surface area contributed by atoms with Crippen LogP contribution in [0.5, 0.6) is 11.5 Å². The molecule has 14 heavy (non-hydrogen) atoms. The maximum absolute atomic E-state index is 5.91. The normalized spacial score (nSPS) is 12.4. The number of ether oxygens (including phenoxy) is 2. The molecular weight excluding hydrogens is 202 g/mol. The van der Waals surface area contributed by atoms with Gasteiger partial charge < -0.3 is 15.2 Å². The lowest BCUT2D eigenvalue weighted by Gasteiger charge is -2.15. The standard InChI is InChI=1S/C10H14ClNO2/c1-6(12)8-4-7(11)5-9(13-2)10(8)14-3/h4-6H,12H2,1-3H3/t6-/m0/s1. The van der Waals surface area contributed by atoms with Crippen LogP contribution in [-0.4, -0.2) is 14.2 Å². The number of hydrogen-bond donors (Lipinski definition) is 1. The predicted octanol–water partition coefficient (Wildman–Crippen LogP) is 2.38. The number of benzene rings is 1. The molecule has 1 aromatic carbocycles. The molecule has 0 aromatic heterocycles. The summed E-state index contributed by atoms with van der Waals surface area (Å²) in [5.41, 5.74) is 6.63. The summed E-state index contributed by atoms with van der Waals surface area (Å²) in [6.07, 6.45) is 0. The molecule has 0 spiro atoms. The third-order valence-corrected chi connectivity index (χ3v) is 2.18. The van der Waals surface area contributed by atoms with Crippen LogP contribution in [0.3, 0.4) is 0 Å². The van der Waals surface area contributed by atoms with Crippen molar-refractivity contribution in [2.45, 2.75) is 13.0 Å². The summed E-state index contributed by atoms with van der Waals surface area (Å²) < 4.78 is 10.4. The van der Waals surface area contributed by atoms with E-state index in [0.29, 0.717) is 16.5 Å². The molecule has 1 aromatic rings. The Labute approximate surface area is 88.8 Å². The van der Waals surface area contributed by atoms with E-state index in [-0.39, 0.29) is 6.04 Å². The van der Waals surface area contributed by atoms with E-state index in [1.165, 1.54) is 0 Å². The highest BCUT2D eigenvalue weighted by Gasteiger charge is 2.14. The van der Waals surface area contributed by atoms with E-state index in [0.717, 1.165) is 5.56 Å². The maximum Gasteiger partial charge on any atom is 0.165 e. The van der Waals surface area contributed by atoms with E-state index in [9.17, 15) is 0 Å². The van der Waals surface area contributed by atoms with Crippen LogP contribution in [0.15, 0.2) is 12.1 Å². The molecule has 1 rings (SSSR count). The van der Waals surface area contributed by atoms with Crippen LogP contribution in [0.1, 0.15) is 18.5 Å². The molecule has 4 heteroatoms. The number of halogens is 1. The van der Waals surface area contributed by atoms with Gasteiger partial charge in [-0.1, -0.05) is 11.6 Å². The van der Waals surface area contributed by atoms with Gasteiger partial charge in [0.2, 0.25) is 0 Å². The van der Waals surface area contributed by atoms with Crippen LogP contribution >= 0.6 is 11.6 Å². The summed E-state index contributed by atoms with van der Waals surface area (Å²) in [6, 6.07) is 3.34. The van der Waals surface area contributed by atoms with Crippen LogP contribution in [0.25, 0.3) is 0 Å². The highest BCUT2D eigenvalue weighted by Crippen LogP contribution is 2.36. The van der Waals surface area contributed by atoms with E-state index in [1.54, 1.807) is 26.4 Å². The molecule has 0 heterocycles. The van der Waals surface area contributed by atoms with Gasteiger partial charge in [-0.2, -0.15) is 0 Å². The SMILES string of the molecule is COc1cc(Cl)cc([C@H](C)N)c1OC. The molecule has 3 nitrogen and oxygen atoms in total. The fourth-order valence-corrected chi connectivity index (χ4v) is 1.51. The first-order chi connectivity index (χ1) is 6.60. The van der Waals surface area contributed by atoms with Gasteiger partial charge in [-0.25, -0.2) is 0 Å². The minimum Gasteiger partial charge on any atom is -0.493 e. The van der Waals surface area contributed by atoms with Crippen molar-refractivity contribution in [3.63, 3.8) is 0 Å². The van der Waals surface area contributed by atoms with Gasteiger partial charge in [0.15, 0.2) is 11.5 Å². The third-order valence-electron chi connectivity index (χ3n) is 1.96. The Bertz CT molecular complexity index is 326. The largest absolute Gasteiger partial charge is 0.493 e. The molecule has 0 aliphatic carbocycles. The molecular formula is C10H14ClNO2. The van der Waals surface area contributed by atoms with Crippen LogP contribution in [0, 0.1) is 0 Å². The number of nitrogens with two attached hydrogens (primary N) is 1. The third kappa shape index (κ3) is 2.11. The minimum absolute atomic E-state index is 0.141. The molecule has 0 amide bonds.